The van der Waals surface area contributed by atoms with Gasteiger partial charge in [-0.2, -0.15) is 0 Å². The number of ether oxygens (including phenoxy) is 1. The van der Waals surface area contributed by atoms with E-state index in [0.29, 0.717) is 26.3 Å². The van der Waals surface area contributed by atoms with Gasteiger partial charge in [0.05, 0.1) is 13.2 Å². The monoisotopic (exact) mass is 370 g/mol. The summed E-state index contributed by atoms with van der Waals surface area (Å²) in [6.07, 6.45) is 0. The van der Waals surface area contributed by atoms with Gasteiger partial charge in [0, 0.05) is 30.6 Å². The molecular formula is C20H22N2O3S. The second-order valence-corrected chi connectivity index (χ2v) is 7.23. The predicted molar refractivity (Wildman–Crippen MR) is 103 cm³/mol. The van der Waals surface area contributed by atoms with Crippen molar-refractivity contribution in [1.29, 1.82) is 0 Å². The van der Waals surface area contributed by atoms with E-state index in [4.69, 9.17) is 4.74 Å². The number of rotatable bonds is 5. The van der Waals surface area contributed by atoms with Crippen molar-refractivity contribution in [3.8, 4) is 0 Å². The van der Waals surface area contributed by atoms with Crippen molar-refractivity contribution >= 4 is 29.3 Å². The molecule has 0 radical (unpaired) electrons. The fraction of sp³-hybridized carbons (Fsp3) is 0.300. The molecule has 0 aliphatic carbocycles. The first-order chi connectivity index (χ1) is 12.6. The molecule has 1 N–H and O–H groups in total. The number of morpholine rings is 1. The molecule has 0 unspecified atom stereocenters. The Morgan fingerprint density at radius 2 is 1.69 bits per heavy atom. The number of nitrogens with one attached hydrogen (secondary N) is 1. The second-order valence-electron chi connectivity index (χ2n) is 6.05. The van der Waals surface area contributed by atoms with Crippen molar-refractivity contribution in [1.82, 2.24) is 4.90 Å². The Kier molecular flexibility index (Phi) is 6.30. The van der Waals surface area contributed by atoms with Gasteiger partial charge >= 0.3 is 0 Å². The van der Waals surface area contributed by atoms with Gasteiger partial charge in [-0.3, -0.25) is 9.59 Å². The molecule has 3 rings (SSSR count). The molecule has 136 valence electrons. The lowest BCUT2D eigenvalue weighted by Gasteiger charge is -2.30. The summed E-state index contributed by atoms with van der Waals surface area (Å²) in [6.45, 7) is 3.91. The van der Waals surface area contributed by atoms with Gasteiger partial charge in [-0.1, -0.05) is 30.3 Å². The summed E-state index contributed by atoms with van der Waals surface area (Å²) in [4.78, 5) is 27.1. The van der Waals surface area contributed by atoms with Gasteiger partial charge < -0.3 is 15.0 Å². The fourth-order valence-electron chi connectivity index (χ4n) is 2.79. The average molecular weight is 370 g/mol. The van der Waals surface area contributed by atoms with Crippen LogP contribution in [0.1, 0.15) is 17.7 Å². The molecule has 0 aromatic heterocycles. The Hall–Kier alpha value is -2.31. The molecule has 2 amide bonds. The summed E-state index contributed by atoms with van der Waals surface area (Å²) >= 11 is 1.53. The van der Waals surface area contributed by atoms with E-state index < -0.39 is 0 Å². The van der Waals surface area contributed by atoms with Crippen molar-refractivity contribution in [3.05, 3.63) is 60.2 Å². The maximum absolute atomic E-state index is 13.1. The van der Waals surface area contributed by atoms with E-state index in [1.807, 2.05) is 59.5 Å². The summed E-state index contributed by atoms with van der Waals surface area (Å²) in [5.41, 5.74) is 1.73. The molecule has 0 bridgehead atoms. The lowest BCUT2D eigenvalue weighted by molar-refractivity contribution is -0.134. The molecule has 2 aromatic carbocycles. The van der Waals surface area contributed by atoms with Gasteiger partial charge in [-0.25, -0.2) is 0 Å². The summed E-state index contributed by atoms with van der Waals surface area (Å²) in [6, 6.07) is 17.4. The minimum absolute atomic E-state index is 0.102. The van der Waals surface area contributed by atoms with E-state index in [1.165, 1.54) is 18.7 Å². The Morgan fingerprint density at radius 1 is 1.04 bits per heavy atom. The molecule has 1 heterocycles. The molecule has 1 atom stereocenters. The highest BCUT2D eigenvalue weighted by Gasteiger charge is 2.28. The lowest BCUT2D eigenvalue weighted by Crippen LogP contribution is -2.42. The van der Waals surface area contributed by atoms with Crippen molar-refractivity contribution < 1.29 is 14.3 Å². The zero-order chi connectivity index (χ0) is 18.4. The van der Waals surface area contributed by atoms with Crippen molar-refractivity contribution in [3.63, 3.8) is 0 Å². The van der Waals surface area contributed by atoms with E-state index in [0.717, 1.165) is 16.1 Å². The quantitative estimate of drug-likeness (QED) is 0.820. The van der Waals surface area contributed by atoms with Gasteiger partial charge in [0.1, 0.15) is 5.25 Å². The van der Waals surface area contributed by atoms with Gasteiger partial charge in [0.25, 0.3) is 0 Å². The van der Waals surface area contributed by atoms with Crippen LogP contribution in [0, 0.1) is 0 Å². The Balaban J connectivity index is 1.79. The highest BCUT2D eigenvalue weighted by Crippen LogP contribution is 2.37. The average Bonchev–Trinajstić information content (AvgIpc) is 2.68. The number of nitrogens with zero attached hydrogens (tertiary/aromatic N) is 1. The Morgan fingerprint density at radius 3 is 2.31 bits per heavy atom. The summed E-state index contributed by atoms with van der Waals surface area (Å²) in [7, 11) is 0. The van der Waals surface area contributed by atoms with Crippen LogP contribution in [0.3, 0.4) is 0 Å². The SMILES string of the molecule is CC(=O)Nc1ccc(S[C@H](C(=O)N2CCOCC2)c2ccccc2)cc1. The molecule has 1 fully saturated rings. The van der Waals surface area contributed by atoms with Crippen molar-refractivity contribution in [2.75, 3.05) is 31.6 Å². The molecule has 26 heavy (non-hydrogen) atoms. The smallest absolute Gasteiger partial charge is 0.240 e. The Bertz CT molecular complexity index is 743. The summed E-state index contributed by atoms with van der Waals surface area (Å²) < 4.78 is 5.36. The van der Waals surface area contributed by atoms with Crippen LogP contribution in [0.25, 0.3) is 0 Å². The van der Waals surface area contributed by atoms with E-state index in [1.54, 1.807) is 0 Å². The minimum Gasteiger partial charge on any atom is -0.378 e. The van der Waals surface area contributed by atoms with Gasteiger partial charge in [0.2, 0.25) is 11.8 Å². The molecule has 1 aliphatic heterocycles. The molecule has 6 heteroatoms. The van der Waals surface area contributed by atoms with Crippen LogP contribution in [-0.2, 0) is 14.3 Å². The molecule has 1 aliphatic rings. The largest absolute Gasteiger partial charge is 0.378 e. The number of anilines is 1. The van der Waals surface area contributed by atoms with E-state index in [-0.39, 0.29) is 17.1 Å². The van der Waals surface area contributed by atoms with Crippen LogP contribution >= 0.6 is 11.8 Å². The molecule has 2 aromatic rings. The molecule has 1 saturated heterocycles. The van der Waals surface area contributed by atoms with E-state index in [9.17, 15) is 9.59 Å². The zero-order valence-electron chi connectivity index (χ0n) is 14.7. The van der Waals surface area contributed by atoms with Gasteiger partial charge in [-0.05, 0) is 29.8 Å². The van der Waals surface area contributed by atoms with Crippen molar-refractivity contribution in [2.45, 2.75) is 17.1 Å². The predicted octanol–water partition coefficient (Wildman–Crippen LogP) is 3.34. The molecular weight excluding hydrogens is 348 g/mol. The van der Waals surface area contributed by atoms with Crippen LogP contribution < -0.4 is 5.32 Å². The number of hydrogen-bond acceptors (Lipinski definition) is 4. The third kappa shape index (κ3) is 4.86. The van der Waals surface area contributed by atoms with Gasteiger partial charge in [0.15, 0.2) is 0 Å². The highest BCUT2D eigenvalue weighted by molar-refractivity contribution is 8.00. The first-order valence-corrected chi connectivity index (χ1v) is 9.47. The summed E-state index contributed by atoms with van der Waals surface area (Å²) in [5, 5.41) is 2.45. The number of carbonyl (C=O) groups is 2. The van der Waals surface area contributed by atoms with E-state index in [2.05, 4.69) is 5.32 Å². The van der Waals surface area contributed by atoms with Crippen LogP contribution in [0.2, 0.25) is 0 Å². The Labute approximate surface area is 157 Å². The molecule has 5 nitrogen and oxygen atoms in total. The topological polar surface area (TPSA) is 58.6 Å². The van der Waals surface area contributed by atoms with Crippen LogP contribution in [0.4, 0.5) is 5.69 Å². The van der Waals surface area contributed by atoms with Crippen LogP contribution in [0.5, 0.6) is 0 Å². The number of benzene rings is 2. The highest BCUT2D eigenvalue weighted by atomic mass is 32.2. The number of amides is 2. The van der Waals surface area contributed by atoms with Crippen LogP contribution in [0.15, 0.2) is 59.5 Å². The second kappa shape index (κ2) is 8.87. The minimum atomic E-state index is -0.305. The molecule has 0 spiro atoms. The summed E-state index contributed by atoms with van der Waals surface area (Å²) in [5.74, 6) is 0.00509. The standard InChI is InChI=1S/C20H22N2O3S/c1-15(23)21-17-7-9-18(10-8-17)26-19(16-5-3-2-4-6-16)20(24)22-11-13-25-14-12-22/h2-10,19H,11-14H2,1H3,(H,21,23)/t19-/m0/s1. The van der Waals surface area contributed by atoms with Crippen LogP contribution in [-0.4, -0.2) is 43.0 Å². The van der Waals surface area contributed by atoms with Gasteiger partial charge in [-0.15, -0.1) is 11.8 Å². The normalized spacial score (nSPS) is 15.3. The van der Waals surface area contributed by atoms with E-state index >= 15 is 0 Å². The number of thioether (sulfide) groups is 1. The third-order valence-electron chi connectivity index (χ3n) is 4.08. The number of carbonyl (C=O) groups excluding carboxylic acids is 2. The number of hydrogen-bond donors (Lipinski definition) is 1. The first kappa shape index (κ1) is 18.5. The third-order valence-corrected chi connectivity index (χ3v) is 5.33. The first-order valence-electron chi connectivity index (χ1n) is 8.59. The fourth-order valence-corrected chi connectivity index (χ4v) is 3.90. The maximum atomic E-state index is 13.1. The zero-order valence-corrected chi connectivity index (χ0v) is 15.5. The van der Waals surface area contributed by atoms with Crippen molar-refractivity contribution in [2.24, 2.45) is 0 Å². The maximum Gasteiger partial charge on any atom is 0.240 e. The lowest BCUT2D eigenvalue weighted by atomic mass is 10.1. The molecule has 0 saturated carbocycles.